The molecule has 4 rings (SSSR count). The first-order chi connectivity index (χ1) is 15.7. The Morgan fingerprint density at radius 2 is 1.70 bits per heavy atom. The number of rotatable bonds is 5. The third-order valence-electron chi connectivity index (χ3n) is 6.48. The maximum absolute atomic E-state index is 14.1. The number of anilines is 1. The number of aliphatic hydroxyl groups is 1. The molecule has 174 valence electrons. The zero-order valence-corrected chi connectivity index (χ0v) is 18.2. The molecular weight excluding hydrogens is 433 g/mol. The predicted octanol–water partition coefficient (Wildman–Crippen LogP) is 5.03. The van der Waals surface area contributed by atoms with Gasteiger partial charge in [0.15, 0.2) is 11.6 Å². The Hall–Kier alpha value is -3.29. The van der Waals surface area contributed by atoms with Crippen molar-refractivity contribution in [2.45, 2.75) is 56.9 Å². The molecule has 1 aliphatic heterocycles. The maximum Gasteiger partial charge on any atom is 0.264 e. The molecule has 2 aromatic carbocycles. The fraction of sp³-hybridized carbons (Fsp3) is 0.360. The van der Waals surface area contributed by atoms with Gasteiger partial charge in [-0.25, -0.2) is 13.2 Å². The number of carbonyl (C=O) groups is 2. The summed E-state index contributed by atoms with van der Waals surface area (Å²) in [4.78, 5) is 25.2. The number of nitrogens with one attached hydrogen (secondary N) is 2. The van der Waals surface area contributed by atoms with Crippen LogP contribution in [0.2, 0.25) is 0 Å². The maximum atomic E-state index is 14.1. The topological polar surface area (TPSA) is 78.4 Å². The molecule has 1 atom stereocenters. The van der Waals surface area contributed by atoms with E-state index >= 15 is 0 Å². The standard InChI is InChI=1S/C25H25F3N2O3/c1-25(13-16-11-19(27)20(28)12-18(16)26)22(31)21(24(33)30-25)23(32)29-17-9-7-15(8-10-17)14-5-3-2-4-6-14/h7-12,14,31H,2-6,13H2,1H3,(H,29,32)(H,30,33). The molecule has 33 heavy (non-hydrogen) atoms. The van der Waals surface area contributed by atoms with Crippen molar-refractivity contribution in [3.05, 3.63) is 76.3 Å². The number of hydrogen-bond donors (Lipinski definition) is 3. The molecule has 1 saturated carbocycles. The molecule has 0 aromatic heterocycles. The fourth-order valence-corrected chi connectivity index (χ4v) is 4.64. The van der Waals surface area contributed by atoms with Gasteiger partial charge in [-0.05, 0) is 55.0 Å². The van der Waals surface area contributed by atoms with E-state index < -0.39 is 46.1 Å². The van der Waals surface area contributed by atoms with Crippen LogP contribution in [0.15, 0.2) is 47.7 Å². The molecule has 2 amide bonds. The van der Waals surface area contributed by atoms with Crippen LogP contribution in [0.1, 0.15) is 56.1 Å². The van der Waals surface area contributed by atoms with Gasteiger partial charge >= 0.3 is 0 Å². The summed E-state index contributed by atoms with van der Waals surface area (Å²) in [6.07, 6.45) is 5.58. The predicted molar refractivity (Wildman–Crippen MR) is 117 cm³/mol. The summed E-state index contributed by atoms with van der Waals surface area (Å²) in [5.74, 6) is -5.35. The van der Waals surface area contributed by atoms with Crippen LogP contribution in [0, 0.1) is 17.5 Å². The number of amides is 2. The minimum atomic E-state index is -1.56. The fourth-order valence-electron chi connectivity index (χ4n) is 4.64. The molecule has 2 aromatic rings. The summed E-state index contributed by atoms with van der Waals surface area (Å²) in [5, 5.41) is 15.7. The third-order valence-corrected chi connectivity index (χ3v) is 6.48. The summed E-state index contributed by atoms with van der Waals surface area (Å²) in [6, 6.07) is 8.47. The van der Waals surface area contributed by atoms with Gasteiger partial charge < -0.3 is 15.7 Å². The van der Waals surface area contributed by atoms with Crippen molar-refractivity contribution in [1.29, 1.82) is 0 Å². The second kappa shape index (κ2) is 8.92. The third kappa shape index (κ3) is 4.60. The normalized spacial score (nSPS) is 21.3. The highest BCUT2D eigenvalue weighted by molar-refractivity contribution is 6.24. The second-order valence-corrected chi connectivity index (χ2v) is 8.96. The van der Waals surface area contributed by atoms with Gasteiger partial charge in [-0.3, -0.25) is 9.59 Å². The SMILES string of the molecule is CC1(Cc2cc(F)c(F)cc2F)NC(=O)C(C(=O)Nc2ccc(C3CCCCC3)cc2)=C1O. The molecule has 0 bridgehead atoms. The number of halogens is 3. The zero-order valence-electron chi connectivity index (χ0n) is 18.2. The summed E-state index contributed by atoms with van der Waals surface area (Å²) >= 11 is 0. The van der Waals surface area contributed by atoms with Crippen LogP contribution in [0.25, 0.3) is 0 Å². The number of benzene rings is 2. The Kier molecular flexibility index (Phi) is 6.19. The van der Waals surface area contributed by atoms with E-state index in [9.17, 15) is 27.9 Å². The minimum Gasteiger partial charge on any atom is -0.509 e. The molecule has 0 radical (unpaired) electrons. The molecule has 8 heteroatoms. The van der Waals surface area contributed by atoms with Crippen molar-refractivity contribution in [2.75, 3.05) is 5.32 Å². The van der Waals surface area contributed by atoms with Crippen LogP contribution < -0.4 is 10.6 Å². The molecule has 0 saturated heterocycles. The van der Waals surface area contributed by atoms with Crippen molar-refractivity contribution in [2.24, 2.45) is 0 Å². The van der Waals surface area contributed by atoms with Gasteiger partial charge in [-0.1, -0.05) is 31.4 Å². The number of carbonyl (C=O) groups excluding carboxylic acids is 2. The van der Waals surface area contributed by atoms with Gasteiger partial charge in [0.25, 0.3) is 11.8 Å². The molecular formula is C25H25F3N2O3. The Balaban J connectivity index is 1.51. The summed E-state index contributed by atoms with van der Waals surface area (Å²) < 4.78 is 40.9. The first-order valence-electron chi connectivity index (χ1n) is 11.0. The summed E-state index contributed by atoms with van der Waals surface area (Å²) in [6.45, 7) is 1.38. The molecule has 0 spiro atoms. The van der Waals surface area contributed by atoms with E-state index in [1.54, 1.807) is 12.1 Å². The average molecular weight is 458 g/mol. The van der Waals surface area contributed by atoms with Crippen molar-refractivity contribution in [3.8, 4) is 0 Å². The van der Waals surface area contributed by atoms with Crippen LogP contribution in [0.3, 0.4) is 0 Å². The lowest BCUT2D eigenvalue weighted by Crippen LogP contribution is -2.44. The van der Waals surface area contributed by atoms with Crippen LogP contribution in [0.5, 0.6) is 0 Å². The van der Waals surface area contributed by atoms with E-state index in [-0.39, 0.29) is 12.0 Å². The second-order valence-electron chi connectivity index (χ2n) is 8.96. The van der Waals surface area contributed by atoms with Gasteiger partial charge in [0.1, 0.15) is 17.1 Å². The molecule has 2 aliphatic rings. The van der Waals surface area contributed by atoms with E-state index in [4.69, 9.17) is 0 Å². The van der Waals surface area contributed by atoms with Gasteiger partial charge in [-0.2, -0.15) is 0 Å². The van der Waals surface area contributed by atoms with Crippen molar-refractivity contribution in [1.82, 2.24) is 5.32 Å². The highest BCUT2D eigenvalue weighted by Crippen LogP contribution is 2.34. The number of hydrogen-bond acceptors (Lipinski definition) is 3. The largest absolute Gasteiger partial charge is 0.509 e. The first kappa shape index (κ1) is 22.9. The first-order valence-corrected chi connectivity index (χ1v) is 11.0. The molecule has 1 heterocycles. The Morgan fingerprint density at radius 1 is 1.06 bits per heavy atom. The van der Waals surface area contributed by atoms with Crippen LogP contribution in [-0.2, 0) is 16.0 Å². The van der Waals surface area contributed by atoms with Crippen molar-refractivity contribution >= 4 is 17.5 Å². The molecule has 1 unspecified atom stereocenters. The Labute approximate surface area is 189 Å². The Morgan fingerprint density at radius 3 is 2.36 bits per heavy atom. The van der Waals surface area contributed by atoms with E-state index in [1.165, 1.54) is 31.7 Å². The summed E-state index contributed by atoms with van der Waals surface area (Å²) in [5.41, 5.74) is -0.637. The monoisotopic (exact) mass is 458 g/mol. The van der Waals surface area contributed by atoms with Gasteiger partial charge in [-0.15, -0.1) is 0 Å². The highest BCUT2D eigenvalue weighted by atomic mass is 19.2. The lowest BCUT2D eigenvalue weighted by Gasteiger charge is -2.25. The van der Waals surface area contributed by atoms with Crippen molar-refractivity contribution < 1.29 is 27.9 Å². The summed E-state index contributed by atoms with van der Waals surface area (Å²) in [7, 11) is 0. The van der Waals surface area contributed by atoms with Gasteiger partial charge in [0.05, 0.1) is 5.54 Å². The lowest BCUT2D eigenvalue weighted by atomic mass is 9.84. The lowest BCUT2D eigenvalue weighted by molar-refractivity contribution is -0.121. The van der Waals surface area contributed by atoms with E-state index in [2.05, 4.69) is 10.6 Å². The molecule has 3 N–H and O–H groups in total. The van der Waals surface area contributed by atoms with E-state index in [0.717, 1.165) is 12.8 Å². The average Bonchev–Trinajstić information content (AvgIpc) is 3.01. The molecule has 1 fully saturated rings. The smallest absolute Gasteiger partial charge is 0.264 e. The molecule has 1 aliphatic carbocycles. The van der Waals surface area contributed by atoms with Gasteiger partial charge in [0.2, 0.25) is 0 Å². The zero-order chi connectivity index (χ0) is 23.8. The quantitative estimate of drug-likeness (QED) is 0.434. The van der Waals surface area contributed by atoms with E-state index in [0.29, 0.717) is 23.7 Å². The van der Waals surface area contributed by atoms with Crippen LogP contribution in [-0.4, -0.2) is 22.5 Å². The van der Waals surface area contributed by atoms with Crippen molar-refractivity contribution in [3.63, 3.8) is 0 Å². The van der Waals surface area contributed by atoms with Gasteiger partial charge in [0, 0.05) is 18.2 Å². The highest BCUT2D eigenvalue weighted by Gasteiger charge is 2.45. The Bertz CT molecular complexity index is 1120. The van der Waals surface area contributed by atoms with E-state index in [1.807, 2.05) is 12.1 Å². The van der Waals surface area contributed by atoms with Crippen LogP contribution >= 0.6 is 0 Å². The minimum absolute atomic E-state index is 0.247. The van der Waals surface area contributed by atoms with Crippen LogP contribution in [0.4, 0.5) is 18.9 Å². The molecule has 5 nitrogen and oxygen atoms in total. The number of aliphatic hydroxyl groups excluding tert-OH is 1.